The first-order valence-electron chi connectivity index (χ1n) is 8.57. The normalized spacial score (nSPS) is 19.3. The number of allylic oxidation sites excluding steroid dienone is 6. The van der Waals surface area contributed by atoms with E-state index in [0.29, 0.717) is 0 Å². The van der Waals surface area contributed by atoms with E-state index in [1.54, 1.807) is 0 Å². The van der Waals surface area contributed by atoms with Crippen LogP contribution in [0.5, 0.6) is 0 Å². The number of hydrogen-bond donors (Lipinski definition) is 1. The van der Waals surface area contributed by atoms with E-state index >= 15 is 0 Å². The molecule has 2 aliphatic rings. The first-order valence-corrected chi connectivity index (χ1v) is 8.57. The second kappa shape index (κ2) is 11.0. The maximum atomic E-state index is 3.27. The van der Waals surface area contributed by atoms with Crippen molar-refractivity contribution in [3.05, 3.63) is 65.8 Å². The molecule has 1 N–H and O–H groups in total. The second-order valence-electron chi connectivity index (χ2n) is 5.65. The van der Waals surface area contributed by atoms with Gasteiger partial charge in [0.1, 0.15) is 0 Å². The van der Waals surface area contributed by atoms with E-state index in [1.807, 2.05) is 13.8 Å². The highest BCUT2D eigenvalue weighted by Gasteiger charge is 2.06. The Bertz CT molecular complexity index is 502. The molecule has 1 heteroatoms. The van der Waals surface area contributed by atoms with Gasteiger partial charge in [-0.05, 0) is 49.9 Å². The molecule has 0 saturated carbocycles. The minimum absolute atomic E-state index is 0.935. The lowest BCUT2D eigenvalue weighted by molar-refractivity contribution is 0.651. The smallest absolute Gasteiger partial charge is 0.00227 e. The first kappa shape index (κ1) is 18.4. The maximum Gasteiger partial charge on any atom is -0.00227 e. The van der Waals surface area contributed by atoms with Crippen LogP contribution < -0.4 is 5.32 Å². The molecule has 3 rings (SSSR count). The van der Waals surface area contributed by atoms with Crippen LogP contribution in [0.2, 0.25) is 0 Å². The van der Waals surface area contributed by atoms with Crippen molar-refractivity contribution in [1.82, 2.24) is 5.32 Å². The summed E-state index contributed by atoms with van der Waals surface area (Å²) in [4.78, 5) is 0. The van der Waals surface area contributed by atoms with E-state index in [0.717, 1.165) is 12.3 Å². The average Bonchev–Trinajstić information content (AvgIpc) is 2.87. The highest BCUT2D eigenvalue weighted by Crippen LogP contribution is 2.19. The maximum absolute atomic E-state index is 3.27. The van der Waals surface area contributed by atoms with Crippen LogP contribution in [-0.4, -0.2) is 13.1 Å². The largest absolute Gasteiger partial charge is 0.316 e. The topological polar surface area (TPSA) is 12.0 Å². The molecule has 0 bridgehead atoms. The molecule has 0 spiro atoms. The van der Waals surface area contributed by atoms with Crippen molar-refractivity contribution >= 4 is 5.57 Å². The molecule has 0 aromatic heterocycles. The van der Waals surface area contributed by atoms with Crippen LogP contribution in [-0.2, 0) is 0 Å². The van der Waals surface area contributed by atoms with Crippen molar-refractivity contribution in [2.45, 2.75) is 40.5 Å². The fraction of sp³-hybridized carbons (Fsp3) is 0.429. The van der Waals surface area contributed by atoms with Gasteiger partial charge in [0.25, 0.3) is 0 Å². The molecule has 0 unspecified atom stereocenters. The van der Waals surface area contributed by atoms with Crippen LogP contribution in [0.3, 0.4) is 0 Å². The van der Waals surface area contributed by atoms with Gasteiger partial charge in [-0.25, -0.2) is 0 Å². The lowest BCUT2D eigenvalue weighted by atomic mass is 10.0. The molecule has 1 heterocycles. The van der Waals surface area contributed by atoms with Crippen LogP contribution in [0.4, 0.5) is 0 Å². The Morgan fingerprint density at radius 3 is 2.55 bits per heavy atom. The van der Waals surface area contributed by atoms with Crippen molar-refractivity contribution in [3.8, 4) is 0 Å². The molecule has 0 radical (unpaired) electrons. The third kappa shape index (κ3) is 6.91. The van der Waals surface area contributed by atoms with Crippen molar-refractivity contribution < 1.29 is 0 Å². The predicted octanol–water partition coefficient (Wildman–Crippen LogP) is 5.54. The van der Waals surface area contributed by atoms with Gasteiger partial charge in [-0.2, -0.15) is 0 Å². The summed E-state index contributed by atoms with van der Waals surface area (Å²) in [5.41, 5.74) is 3.94. The molecule has 1 aliphatic carbocycles. The lowest BCUT2D eigenvalue weighted by Crippen LogP contribution is -2.06. The summed E-state index contributed by atoms with van der Waals surface area (Å²) in [7, 11) is 0. The van der Waals surface area contributed by atoms with Crippen molar-refractivity contribution in [1.29, 1.82) is 0 Å². The van der Waals surface area contributed by atoms with E-state index in [9.17, 15) is 0 Å². The van der Waals surface area contributed by atoms with Gasteiger partial charge in [0.05, 0.1) is 0 Å². The fourth-order valence-corrected chi connectivity index (χ4v) is 2.42. The number of hydrogen-bond acceptors (Lipinski definition) is 1. The van der Waals surface area contributed by atoms with Crippen molar-refractivity contribution in [3.63, 3.8) is 0 Å². The number of nitrogens with one attached hydrogen (secondary N) is 1. The fourth-order valence-electron chi connectivity index (χ4n) is 2.42. The number of aryl methyl sites for hydroxylation is 1. The summed E-state index contributed by atoms with van der Waals surface area (Å²) < 4.78 is 0. The third-order valence-electron chi connectivity index (χ3n) is 3.65. The molecular weight excluding hydrogens is 266 g/mol. The highest BCUT2D eigenvalue weighted by molar-refractivity contribution is 5.75. The van der Waals surface area contributed by atoms with Crippen LogP contribution >= 0.6 is 0 Å². The summed E-state index contributed by atoms with van der Waals surface area (Å²) in [6.45, 7) is 10.9. The zero-order chi connectivity index (χ0) is 16.2. The van der Waals surface area contributed by atoms with E-state index in [2.05, 4.69) is 73.8 Å². The number of rotatable bonds is 1. The average molecular weight is 297 g/mol. The Balaban J connectivity index is 0.000000253. The standard InChI is InChI=1S/C14H14.C5H11N.C2H6/c1-12-7-6-10-14(11-12)13-8-4-2-3-5-9-13;1-5-2-3-6-4-5;1-2/h2-4,6-11H,5H2,1H3;5-6H,2-4H2,1H3;1-2H3/t;5-;/m.0./s1. The predicted molar refractivity (Wildman–Crippen MR) is 100 cm³/mol. The van der Waals surface area contributed by atoms with Gasteiger partial charge in [0, 0.05) is 0 Å². The summed E-state index contributed by atoms with van der Waals surface area (Å²) in [5.74, 6) is 0.935. The molecule has 0 amide bonds. The van der Waals surface area contributed by atoms with Gasteiger partial charge >= 0.3 is 0 Å². The molecule has 120 valence electrons. The van der Waals surface area contributed by atoms with E-state index in [-0.39, 0.29) is 0 Å². The molecule has 1 atom stereocenters. The SMILES string of the molecule is CC.C[C@H]1CCNC1.Cc1cccc(C2=CCC=CC=C2)c1. The van der Waals surface area contributed by atoms with Crippen LogP contribution in [0, 0.1) is 12.8 Å². The zero-order valence-corrected chi connectivity index (χ0v) is 14.6. The third-order valence-corrected chi connectivity index (χ3v) is 3.65. The number of benzene rings is 1. The van der Waals surface area contributed by atoms with Crippen LogP contribution in [0.25, 0.3) is 5.57 Å². The monoisotopic (exact) mass is 297 g/mol. The van der Waals surface area contributed by atoms with E-state index in [4.69, 9.17) is 0 Å². The molecule has 1 saturated heterocycles. The van der Waals surface area contributed by atoms with Gasteiger partial charge in [-0.15, -0.1) is 0 Å². The Morgan fingerprint density at radius 2 is 1.95 bits per heavy atom. The summed E-state index contributed by atoms with van der Waals surface area (Å²) in [6, 6.07) is 8.62. The molecule has 1 aliphatic heterocycles. The summed E-state index contributed by atoms with van der Waals surface area (Å²) >= 11 is 0. The molecular formula is C21H31N. The molecule has 22 heavy (non-hydrogen) atoms. The summed E-state index contributed by atoms with van der Waals surface area (Å²) in [5, 5.41) is 3.27. The lowest BCUT2D eigenvalue weighted by Gasteiger charge is -2.02. The Morgan fingerprint density at radius 1 is 1.14 bits per heavy atom. The Hall–Kier alpha value is -1.60. The first-order chi connectivity index (χ1) is 10.8. The quantitative estimate of drug-likeness (QED) is 0.718. The Labute approximate surface area is 136 Å². The van der Waals surface area contributed by atoms with Crippen LogP contribution in [0.1, 0.15) is 44.7 Å². The van der Waals surface area contributed by atoms with Gasteiger partial charge < -0.3 is 5.32 Å². The molecule has 1 aromatic rings. The minimum atomic E-state index is 0.935. The molecule has 1 fully saturated rings. The second-order valence-corrected chi connectivity index (χ2v) is 5.65. The van der Waals surface area contributed by atoms with Gasteiger partial charge in [-0.1, -0.05) is 81.0 Å². The Kier molecular flexibility index (Phi) is 9.25. The molecule has 1 nitrogen and oxygen atoms in total. The van der Waals surface area contributed by atoms with Gasteiger partial charge in [-0.3, -0.25) is 0 Å². The zero-order valence-electron chi connectivity index (χ0n) is 14.6. The van der Waals surface area contributed by atoms with Gasteiger partial charge in [0.15, 0.2) is 0 Å². The molecule has 1 aromatic carbocycles. The van der Waals surface area contributed by atoms with E-state index < -0.39 is 0 Å². The highest BCUT2D eigenvalue weighted by atomic mass is 14.9. The van der Waals surface area contributed by atoms with Crippen molar-refractivity contribution in [2.24, 2.45) is 5.92 Å². The van der Waals surface area contributed by atoms with E-state index in [1.165, 1.54) is 36.2 Å². The summed E-state index contributed by atoms with van der Waals surface area (Å²) in [6.07, 6.45) is 13.2. The van der Waals surface area contributed by atoms with Crippen molar-refractivity contribution in [2.75, 3.05) is 13.1 Å². The minimum Gasteiger partial charge on any atom is -0.316 e. The van der Waals surface area contributed by atoms with Gasteiger partial charge in [0.2, 0.25) is 0 Å². The van der Waals surface area contributed by atoms with Crippen LogP contribution in [0.15, 0.2) is 54.6 Å².